The number of carbonyl (C=O) groups is 1. The number of amides is 1. The summed E-state index contributed by atoms with van der Waals surface area (Å²) in [5, 5.41) is 3.30. The first-order valence-electron chi connectivity index (χ1n) is 10.1. The van der Waals surface area contributed by atoms with Crippen LogP contribution in [-0.4, -0.2) is 27.0 Å². The number of aryl methyl sites for hydroxylation is 3. The van der Waals surface area contributed by atoms with Crippen molar-refractivity contribution < 1.29 is 17.9 Å². The molecule has 1 heterocycles. The number of carbonyl (C=O) groups excluding carboxylic acids is 1. The first-order chi connectivity index (χ1) is 15.1. The Labute approximate surface area is 192 Å². The van der Waals surface area contributed by atoms with Crippen LogP contribution in [0.4, 0.5) is 11.4 Å². The molecule has 3 aromatic carbocycles. The second kappa shape index (κ2) is 8.48. The Hall–Kier alpha value is -3.03. The number of hydrogen-bond acceptors (Lipinski definition) is 4. The summed E-state index contributed by atoms with van der Waals surface area (Å²) in [7, 11) is -3.91. The third-order valence-electron chi connectivity index (χ3n) is 5.34. The molecule has 0 bridgehead atoms. The maximum absolute atomic E-state index is 13.5. The molecule has 166 valence electrons. The zero-order chi connectivity index (χ0) is 23.0. The van der Waals surface area contributed by atoms with Crippen LogP contribution in [0.2, 0.25) is 5.02 Å². The van der Waals surface area contributed by atoms with Gasteiger partial charge in [0.2, 0.25) is 0 Å². The van der Waals surface area contributed by atoms with E-state index in [-0.39, 0.29) is 11.4 Å². The molecule has 1 amide bonds. The van der Waals surface area contributed by atoms with Gasteiger partial charge in [0.05, 0.1) is 17.1 Å². The average molecular weight is 471 g/mol. The molecule has 0 aromatic heterocycles. The summed E-state index contributed by atoms with van der Waals surface area (Å²) in [6.45, 7) is 5.46. The quantitative estimate of drug-likeness (QED) is 0.590. The summed E-state index contributed by atoms with van der Waals surface area (Å²) in [5.74, 6) is -0.119. The van der Waals surface area contributed by atoms with Crippen molar-refractivity contribution in [3.8, 4) is 5.75 Å². The van der Waals surface area contributed by atoms with Crippen LogP contribution >= 0.6 is 11.6 Å². The van der Waals surface area contributed by atoms with Gasteiger partial charge >= 0.3 is 0 Å². The van der Waals surface area contributed by atoms with Gasteiger partial charge in [-0.3, -0.25) is 9.10 Å². The van der Waals surface area contributed by atoms with Crippen molar-refractivity contribution in [2.45, 2.75) is 31.8 Å². The van der Waals surface area contributed by atoms with Gasteiger partial charge in [0.1, 0.15) is 5.75 Å². The first kappa shape index (κ1) is 22.2. The summed E-state index contributed by atoms with van der Waals surface area (Å²) < 4.78 is 34.2. The third kappa shape index (κ3) is 4.31. The zero-order valence-electron chi connectivity index (χ0n) is 17.9. The smallest absolute Gasteiger partial charge is 0.267 e. The number of sulfonamides is 1. The number of anilines is 2. The molecule has 1 aliphatic heterocycles. The number of fused-ring (bicyclic) bond motifs is 1. The molecule has 0 saturated carbocycles. The molecule has 0 aliphatic carbocycles. The van der Waals surface area contributed by atoms with Gasteiger partial charge in [-0.1, -0.05) is 41.4 Å². The summed E-state index contributed by atoms with van der Waals surface area (Å²) in [6, 6.07) is 17.1. The molecule has 0 unspecified atom stereocenters. The Balaban J connectivity index is 1.70. The van der Waals surface area contributed by atoms with Crippen molar-refractivity contribution in [3.05, 3.63) is 82.4 Å². The number of hydrogen-bond donors (Lipinski definition) is 1. The van der Waals surface area contributed by atoms with Crippen molar-refractivity contribution >= 4 is 38.9 Å². The van der Waals surface area contributed by atoms with Gasteiger partial charge in [-0.05, 0) is 68.3 Å². The number of nitrogens with one attached hydrogen (secondary N) is 1. The highest BCUT2D eigenvalue weighted by Gasteiger charge is 2.37. The summed E-state index contributed by atoms with van der Waals surface area (Å²) >= 11 is 6.06. The first-order valence-corrected chi connectivity index (χ1v) is 11.9. The highest BCUT2D eigenvalue weighted by molar-refractivity contribution is 7.92. The zero-order valence-corrected chi connectivity index (χ0v) is 19.5. The molecule has 1 aliphatic rings. The SMILES string of the molecule is Cc1ccc(S(=O)(=O)N2C[C@H](C(=O)Nc3cc(Cl)ccc3C)Oc3ccc(C)cc32)cc1. The van der Waals surface area contributed by atoms with Crippen LogP contribution in [0.25, 0.3) is 0 Å². The Morgan fingerprint density at radius 2 is 1.69 bits per heavy atom. The van der Waals surface area contributed by atoms with Crippen LogP contribution in [0.3, 0.4) is 0 Å². The molecular formula is C24H23ClN2O4S. The van der Waals surface area contributed by atoms with Gasteiger partial charge in [0, 0.05) is 10.7 Å². The predicted octanol–water partition coefficient (Wildman–Crippen LogP) is 4.86. The van der Waals surface area contributed by atoms with Crippen LogP contribution in [0.5, 0.6) is 5.75 Å². The predicted molar refractivity (Wildman–Crippen MR) is 126 cm³/mol. The lowest BCUT2D eigenvalue weighted by molar-refractivity contribution is -0.122. The van der Waals surface area contributed by atoms with E-state index in [9.17, 15) is 13.2 Å². The molecule has 32 heavy (non-hydrogen) atoms. The van der Waals surface area contributed by atoms with E-state index in [0.717, 1.165) is 16.7 Å². The second-order valence-corrected chi connectivity index (χ2v) is 10.2. The Morgan fingerprint density at radius 1 is 1.00 bits per heavy atom. The van der Waals surface area contributed by atoms with E-state index in [2.05, 4.69) is 5.32 Å². The van der Waals surface area contributed by atoms with Crippen molar-refractivity contribution in [2.24, 2.45) is 0 Å². The number of halogens is 1. The van der Waals surface area contributed by atoms with E-state index in [1.54, 1.807) is 54.6 Å². The lowest BCUT2D eigenvalue weighted by atomic mass is 10.1. The van der Waals surface area contributed by atoms with Crippen LogP contribution < -0.4 is 14.4 Å². The lowest BCUT2D eigenvalue weighted by Gasteiger charge is -2.35. The van der Waals surface area contributed by atoms with Crippen molar-refractivity contribution in [2.75, 3.05) is 16.2 Å². The van der Waals surface area contributed by atoms with E-state index in [4.69, 9.17) is 16.3 Å². The van der Waals surface area contributed by atoms with E-state index >= 15 is 0 Å². The van der Waals surface area contributed by atoms with Crippen LogP contribution in [0.15, 0.2) is 65.6 Å². The molecule has 0 saturated heterocycles. The standard InChI is InChI=1S/C24H23ClN2O4S/c1-15-4-9-19(10-5-15)32(29,30)27-14-23(31-22-11-6-16(2)12-21(22)27)24(28)26-20-13-18(25)8-7-17(20)3/h4-13,23H,14H2,1-3H3,(H,26,28)/t23-/m1/s1. The normalized spacial score (nSPS) is 15.6. The summed E-state index contributed by atoms with van der Waals surface area (Å²) in [5.41, 5.74) is 3.63. The van der Waals surface area contributed by atoms with Gasteiger partial charge in [-0.15, -0.1) is 0 Å². The van der Waals surface area contributed by atoms with Crippen LogP contribution in [0.1, 0.15) is 16.7 Å². The van der Waals surface area contributed by atoms with E-state index < -0.39 is 22.0 Å². The van der Waals surface area contributed by atoms with E-state index in [1.807, 2.05) is 26.8 Å². The van der Waals surface area contributed by atoms with Gasteiger partial charge < -0.3 is 10.1 Å². The number of ether oxygens (including phenoxy) is 1. The summed E-state index contributed by atoms with van der Waals surface area (Å²) in [4.78, 5) is 13.2. The lowest BCUT2D eigenvalue weighted by Crippen LogP contribution is -2.48. The van der Waals surface area contributed by atoms with Gasteiger partial charge in [-0.25, -0.2) is 8.42 Å². The highest BCUT2D eigenvalue weighted by Crippen LogP contribution is 2.38. The number of rotatable bonds is 4. The molecule has 8 heteroatoms. The summed E-state index contributed by atoms with van der Waals surface area (Å²) in [6.07, 6.45) is -1.04. The fourth-order valence-corrected chi connectivity index (χ4v) is 5.14. The maximum Gasteiger partial charge on any atom is 0.267 e. The minimum Gasteiger partial charge on any atom is -0.476 e. The molecule has 6 nitrogen and oxygen atoms in total. The van der Waals surface area contributed by atoms with Gasteiger partial charge in [-0.2, -0.15) is 0 Å². The monoisotopic (exact) mass is 470 g/mol. The molecular weight excluding hydrogens is 448 g/mol. The van der Waals surface area contributed by atoms with Gasteiger partial charge in [0.25, 0.3) is 15.9 Å². The Morgan fingerprint density at radius 3 is 2.41 bits per heavy atom. The minimum atomic E-state index is -3.91. The fourth-order valence-electron chi connectivity index (χ4n) is 3.51. The third-order valence-corrected chi connectivity index (χ3v) is 7.37. The number of nitrogens with zero attached hydrogens (tertiary/aromatic N) is 1. The van der Waals surface area contributed by atoms with Crippen LogP contribution in [0, 0.1) is 20.8 Å². The average Bonchev–Trinajstić information content (AvgIpc) is 2.75. The van der Waals surface area contributed by atoms with E-state index in [1.165, 1.54) is 4.31 Å². The Bertz CT molecular complexity index is 1290. The molecule has 3 aromatic rings. The van der Waals surface area contributed by atoms with Crippen molar-refractivity contribution in [3.63, 3.8) is 0 Å². The topological polar surface area (TPSA) is 75.7 Å². The van der Waals surface area contributed by atoms with E-state index in [0.29, 0.717) is 22.1 Å². The maximum atomic E-state index is 13.5. The minimum absolute atomic E-state index is 0.155. The largest absolute Gasteiger partial charge is 0.476 e. The molecule has 0 radical (unpaired) electrons. The molecule has 1 atom stereocenters. The second-order valence-electron chi connectivity index (χ2n) is 7.88. The molecule has 0 spiro atoms. The highest BCUT2D eigenvalue weighted by atomic mass is 35.5. The molecule has 1 N–H and O–H groups in total. The van der Waals surface area contributed by atoms with Crippen LogP contribution in [-0.2, 0) is 14.8 Å². The van der Waals surface area contributed by atoms with Crippen molar-refractivity contribution in [1.29, 1.82) is 0 Å². The van der Waals surface area contributed by atoms with Gasteiger partial charge in [0.15, 0.2) is 6.10 Å². The molecule has 0 fully saturated rings. The fraction of sp³-hybridized carbons (Fsp3) is 0.208. The van der Waals surface area contributed by atoms with Crippen molar-refractivity contribution in [1.82, 2.24) is 0 Å². The Kier molecular flexibility index (Phi) is 5.88. The molecule has 4 rings (SSSR count). The number of benzene rings is 3.